The SMILES string of the molecule is Cc1cn([C@H]2CC(OP(=O)(O)OC(C)C)[C@@H](COP(=O)(O)OC(C)C)O2)c(=O)nc1N. The number of hydrogen-bond donors (Lipinski definition) is 3. The van der Waals surface area contributed by atoms with Gasteiger partial charge in [-0.05, 0) is 34.6 Å². The fraction of sp³-hybridized carbons (Fsp3) is 0.750. The summed E-state index contributed by atoms with van der Waals surface area (Å²) >= 11 is 0. The van der Waals surface area contributed by atoms with E-state index in [4.69, 9.17) is 28.6 Å². The average molecular weight is 485 g/mol. The number of anilines is 1. The van der Waals surface area contributed by atoms with Crippen LogP contribution in [0, 0.1) is 6.92 Å². The van der Waals surface area contributed by atoms with Crippen LogP contribution in [-0.4, -0.2) is 50.4 Å². The van der Waals surface area contributed by atoms with Gasteiger partial charge in [-0.2, -0.15) is 4.98 Å². The van der Waals surface area contributed by atoms with Crippen LogP contribution in [0.5, 0.6) is 0 Å². The molecule has 1 aliphatic rings. The summed E-state index contributed by atoms with van der Waals surface area (Å²) in [4.78, 5) is 35.7. The van der Waals surface area contributed by atoms with Gasteiger partial charge in [-0.1, -0.05) is 0 Å². The number of aromatic nitrogens is 2. The van der Waals surface area contributed by atoms with Gasteiger partial charge in [0.2, 0.25) is 0 Å². The number of nitrogen functional groups attached to an aromatic ring is 1. The minimum absolute atomic E-state index is 0.0594. The summed E-state index contributed by atoms with van der Waals surface area (Å²) < 4.78 is 51.1. The van der Waals surface area contributed by atoms with Crippen LogP contribution in [-0.2, 0) is 32.0 Å². The lowest BCUT2D eigenvalue weighted by Gasteiger charge is -2.23. The maximum absolute atomic E-state index is 12.3. The van der Waals surface area contributed by atoms with E-state index in [9.17, 15) is 23.7 Å². The zero-order valence-electron chi connectivity index (χ0n) is 17.9. The van der Waals surface area contributed by atoms with Gasteiger partial charge in [-0.15, -0.1) is 0 Å². The first-order valence-electron chi connectivity index (χ1n) is 9.55. The van der Waals surface area contributed by atoms with E-state index < -0.39 is 58.6 Å². The third kappa shape index (κ3) is 7.74. The van der Waals surface area contributed by atoms with Crippen LogP contribution in [0.4, 0.5) is 5.82 Å². The monoisotopic (exact) mass is 485 g/mol. The molecule has 1 aromatic rings. The Morgan fingerprint density at radius 2 is 1.81 bits per heavy atom. The summed E-state index contributed by atoms with van der Waals surface area (Å²) in [6.07, 6.45) is -2.98. The third-order valence-corrected chi connectivity index (χ3v) is 6.41. The molecule has 0 amide bonds. The quantitative estimate of drug-likeness (QED) is 0.410. The maximum atomic E-state index is 12.3. The van der Waals surface area contributed by atoms with Gasteiger partial charge in [0.05, 0.1) is 18.8 Å². The van der Waals surface area contributed by atoms with Crippen molar-refractivity contribution < 1.29 is 41.7 Å². The lowest BCUT2D eigenvalue weighted by atomic mass is 10.2. The second-order valence-corrected chi connectivity index (χ2v) is 10.3. The minimum Gasteiger partial charge on any atom is -0.383 e. The predicted molar refractivity (Wildman–Crippen MR) is 109 cm³/mol. The summed E-state index contributed by atoms with van der Waals surface area (Å²) in [5.74, 6) is 0.0594. The molecule has 13 nitrogen and oxygen atoms in total. The third-order valence-electron chi connectivity index (χ3n) is 4.02. The van der Waals surface area contributed by atoms with Gasteiger partial charge in [-0.25, -0.2) is 13.9 Å². The fourth-order valence-corrected chi connectivity index (χ4v) is 4.92. The summed E-state index contributed by atoms with van der Waals surface area (Å²) in [6.45, 7) is 7.33. The molecule has 3 unspecified atom stereocenters. The molecular weight excluding hydrogens is 456 g/mol. The van der Waals surface area contributed by atoms with Crippen molar-refractivity contribution in [1.29, 1.82) is 0 Å². The standard InChI is InChI=1S/C16H29N3O10P2/c1-9(2)27-30(21,22)25-8-13-12(29-31(23,24)28-10(3)4)6-14(26-13)19-7-11(5)15(17)18-16(19)20/h7,9-10,12-14H,6,8H2,1-5H3,(H,21,22)(H,23,24)(H2,17,18,20)/t12?,13-,14-/m1/s1. The molecule has 0 bridgehead atoms. The molecule has 1 aromatic heterocycles. The number of nitrogens with zero attached hydrogens (tertiary/aromatic N) is 2. The maximum Gasteiger partial charge on any atom is 0.472 e. The van der Waals surface area contributed by atoms with Gasteiger partial charge in [0.15, 0.2) is 0 Å². The van der Waals surface area contributed by atoms with Crippen LogP contribution in [0.3, 0.4) is 0 Å². The Labute approximate surface area is 179 Å². The van der Waals surface area contributed by atoms with Gasteiger partial charge in [0.25, 0.3) is 0 Å². The van der Waals surface area contributed by atoms with Gasteiger partial charge in [0.1, 0.15) is 24.3 Å². The van der Waals surface area contributed by atoms with Crippen molar-refractivity contribution >= 4 is 21.5 Å². The highest BCUT2D eigenvalue weighted by Crippen LogP contribution is 2.50. The number of phosphoric acid groups is 2. The Kier molecular flexibility index (Phi) is 8.59. The van der Waals surface area contributed by atoms with Crippen molar-refractivity contribution in [3.05, 3.63) is 22.2 Å². The highest BCUT2D eigenvalue weighted by Gasteiger charge is 2.43. The van der Waals surface area contributed by atoms with Gasteiger partial charge in [0, 0.05) is 18.2 Å². The topological polar surface area (TPSA) is 182 Å². The lowest BCUT2D eigenvalue weighted by molar-refractivity contribution is -0.0485. The molecule has 0 saturated carbocycles. The molecule has 5 atom stereocenters. The van der Waals surface area contributed by atoms with Gasteiger partial charge in [-0.3, -0.25) is 22.7 Å². The van der Waals surface area contributed by atoms with Crippen LogP contribution in [0.25, 0.3) is 0 Å². The van der Waals surface area contributed by atoms with Crippen LogP contribution in [0.15, 0.2) is 11.0 Å². The van der Waals surface area contributed by atoms with Crippen LogP contribution in [0.1, 0.15) is 45.9 Å². The first kappa shape index (κ1) is 26.1. The van der Waals surface area contributed by atoms with Crippen molar-refractivity contribution in [2.24, 2.45) is 0 Å². The van der Waals surface area contributed by atoms with E-state index in [1.54, 1.807) is 34.6 Å². The zero-order valence-corrected chi connectivity index (χ0v) is 19.7. The molecule has 178 valence electrons. The van der Waals surface area contributed by atoms with E-state index in [0.717, 1.165) is 4.57 Å². The Morgan fingerprint density at radius 1 is 1.23 bits per heavy atom. The number of phosphoric ester groups is 2. The van der Waals surface area contributed by atoms with E-state index in [0.29, 0.717) is 5.56 Å². The summed E-state index contributed by atoms with van der Waals surface area (Å²) in [5.41, 5.74) is 5.45. The first-order chi connectivity index (χ1) is 14.2. The number of hydrogen-bond acceptors (Lipinski definition) is 10. The van der Waals surface area contributed by atoms with Crippen molar-refractivity contribution in [1.82, 2.24) is 9.55 Å². The number of aryl methyl sites for hydroxylation is 1. The molecule has 1 saturated heterocycles. The van der Waals surface area contributed by atoms with Crippen LogP contribution in [0.2, 0.25) is 0 Å². The second-order valence-electron chi connectivity index (χ2n) is 7.55. The molecule has 31 heavy (non-hydrogen) atoms. The summed E-state index contributed by atoms with van der Waals surface area (Å²) in [7, 11) is -8.90. The van der Waals surface area contributed by atoms with E-state index >= 15 is 0 Å². The van der Waals surface area contributed by atoms with E-state index in [1.807, 2.05) is 0 Å². The molecular formula is C16H29N3O10P2. The Morgan fingerprint density at radius 3 is 2.39 bits per heavy atom. The molecule has 0 spiro atoms. The summed E-state index contributed by atoms with van der Waals surface area (Å²) in [5, 5.41) is 0. The fourth-order valence-electron chi connectivity index (χ4n) is 2.84. The normalized spacial score (nSPS) is 25.6. The molecule has 0 aromatic carbocycles. The lowest BCUT2D eigenvalue weighted by Crippen LogP contribution is -2.29. The van der Waals surface area contributed by atoms with Crippen molar-refractivity contribution in [3.8, 4) is 0 Å². The van der Waals surface area contributed by atoms with Crippen LogP contribution < -0.4 is 11.4 Å². The number of nitrogens with two attached hydrogens (primary N) is 1. The van der Waals surface area contributed by atoms with Gasteiger partial charge >= 0.3 is 21.3 Å². The van der Waals surface area contributed by atoms with Gasteiger partial charge < -0.3 is 20.3 Å². The molecule has 15 heteroatoms. The molecule has 0 aliphatic carbocycles. The Hall–Kier alpha value is -1.14. The van der Waals surface area contributed by atoms with Crippen molar-refractivity contribution in [2.45, 2.75) is 71.7 Å². The Balaban J connectivity index is 2.24. The van der Waals surface area contributed by atoms with Crippen molar-refractivity contribution in [2.75, 3.05) is 12.3 Å². The number of ether oxygens (including phenoxy) is 1. The highest BCUT2D eigenvalue weighted by molar-refractivity contribution is 7.47. The predicted octanol–water partition coefficient (Wildman–Crippen LogP) is 1.87. The van der Waals surface area contributed by atoms with Crippen molar-refractivity contribution in [3.63, 3.8) is 0 Å². The molecule has 2 rings (SSSR count). The first-order valence-corrected chi connectivity index (χ1v) is 12.5. The molecule has 0 radical (unpaired) electrons. The largest absolute Gasteiger partial charge is 0.472 e. The minimum atomic E-state index is -4.49. The molecule has 2 heterocycles. The smallest absolute Gasteiger partial charge is 0.383 e. The van der Waals surface area contributed by atoms with E-state index in [1.165, 1.54) is 6.20 Å². The van der Waals surface area contributed by atoms with E-state index in [2.05, 4.69) is 4.98 Å². The molecule has 4 N–H and O–H groups in total. The second kappa shape index (κ2) is 10.2. The Bertz CT molecular complexity index is 921. The number of rotatable bonds is 10. The molecule has 1 aliphatic heterocycles. The average Bonchev–Trinajstić information content (AvgIpc) is 2.95. The zero-order chi connectivity index (χ0) is 23.6. The van der Waals surface area contributed by atoms with Crippen LogP contribution >= 0.6 is 15.6 Å². The highest BCUT2D eigenvalue weighted by atomic mass is 31.2. The van der Waals surface area contributed by atoms with E-state index in [-0.39, 0.29) is 12.2 Å². The summed E-state index contributed by atoms with van der Waals surface area (Å²) in [6, 6.07) is 0. The molecule has 1 fully saturated rings.